The Hall–Kier alpha value is -3.97. The number of hydrogen-bond donors (Lipinski definition) is 2. The molecule has 0 radical (unpaired) electrons. The summed E-state index contributed by atoms with van der Waals surface area (Å²) in [5.74, 6) is -0.377. The van der Waals surface area contributed by atoms with Gasteiger partial charge in [-0.3, -0.25) is 19.5 Å². The van der Waals surface area contributed by atoms with Crippen LogP contribution in [0, 0.1) is 0 Å². The van der Waals surface area contributed by atoms with E-state index in [-0.39, 0.29) is 24.4 Å². The highest BCUT2D eigenvalue weighted by Crippen LogP contribution is 2.12. The molecule has 7 nitrogen and oxygen atoms in total. The first-order valence-electron chi connectivity index (χ1n) is 10.3. The van der Waals surface area contributed by atoms with E-state index >= 15 is 0 Å². The molecule has 0 spiro atoms. The summed E-state index contributed by atoms with van der Waals surface area (Å²) in [5, 5.41) is 5.87. The van der Waals surface area contributed by atoms with E-state index in [2.05, 4.69) is 10.4 Å². The highest BCUT2D eigenvalue weighted by Gasteiger charge is 2.11. The maximum atomic E-state index is 12.6. The molecule has 0 saturated carbocycles. The van der Waals surface area contributed by atoms with Crippen molar-refractivity contribution in [2.24, 2.45) is 0 Å². The minimum absolute atomic E-state index is 0.272. The van der Waals surface area contributed by atoms with Gasteiger partial charge in [-0.1, -0.05) is 66.7 Å². The van der Waals surface area contributed by atoms with E-state index in [0.29, 0.717) is 18.6 Å². The molecule has 0 aliphatic rings. The lowest BCUT2D eigenvalue weighted by molar-refractivity contribution is -0.122. The third-order valence-electron chi connectivity index (χ3n) is 5.15. The monoisotopic (exact) mass is 429 g/mol. The van der Waals surface area contributed by atoms with Gasteiger partial charge in [0, 0.05) is 6.54 Å². The molecule has 3 aromatic carbocycles. The average molecular weight is 429 g/mol. The third-order valence-corrected chi connectivity index (χ3v) is 5.15. The fourth-order valence-corrected chi connectivity index (χ4v) is 3.48. The van der Waals surface area contributed by atoms with Gasteiger partial charge in [0.1, 0.15) is 6.54 Å². The zero-order chi connectivity index (χ0) is 22.3. The Morgan fingerprint density at radius 1 is 0.812 bits per heavy atom. The molecular weight excluding hydrogens is 406 g/mol. The van der Waals surface area contributed by atoms with Crippen molar-refractivity contribution in [3.8, 4) is 0 Å². The quantitative estimate of drug-likeness (QED) is 0.450. The SMILES string of the molecule is O=C(Cn1[nH]c(=O)c2ccccc2c1=O)NCc1ccccc1COCc1ccccc1. The van der Waals surface area contributed by atoms with Gasteiger partial charge >= 0.3 is 0 Å². The smallest absolute Gasteiger partial charge is 0.273 e. The van der Waals surface area contributed by atoms with Crippen LogP contribution in [-0.2, 0) is 35.8 Å². The molecule has 1 aromatic heterocycles. The highest BCUT2D eigenvalue weighted by molar-refractivity contribution is 5.81. The van der Waals surface area contributed by atoms with Crippen molar-refractivity contribution in [2.45, 2.75) is 26.3 Å². The molecule has 162 valence electrons. The number of aromatic amines is 1. The standard InChI is InChI=1S/C25H23N3O4/c29-23(15-28-25(31)22-13-7-6-12-21(22)24(30)27-28)26-14-19-10-4-5-11-20(19)17-32-16-18-8-2-1-3-9-18/h1-13H,14-17H2,(H,26,29)(H,27,30). The summed E-state index contributed by atoms with van der Waals surface area (Å²) >= 11 is 0. The number of hydrogen-bond acceptors (Lipinski definition) is 4. The van der Waals surface area contributed by atoms with Gasteiger partial charge in [-0.05, 0) is 28.8 Å². The van der Waals surface area contributed by atoms with Crippen LogP contribution >= 0.6 is 0 Å². The molecule has 0 atom stereocenters. The predicted octanol–water partition coefficient (Wildman–Crippen LogP) is 2.72. The first kappa shape index (κ1) is 21.3. The van der Waals surface area contributed by atoms with E-state index in [0.717, 1.165) is 21.4 Å². The molecule has 32 heavy (non-hydrogen) atoms. The van der Waals surface area contributed by atoms with Crippen LogP contribution in [0.15, 0.2) is 88.5 Å². The fourth-order valence-electron chi connectivity index (χ4n) is 3.48. The van der Waals surface area contributed by atoms with Gasteiger partial charge < -0.3 is 10.1 Å². The van der Waals surface area contributed by atoms with E-state index in [1.54, 1.807) is 24.3 Å². The molecule has 4 aromatic rings. The van der Waals surface area contributed by atoms with Crippen molar-refractivity contribution in [1.82, 2.24) is 15.1 Å². The topological polar surface area (TPSA) is 93.2 Å². The Kier molecular flexibility index (Phi) is 6.57. The number of carbonyl (C=O) groups is 1. The van der Waals surface area contributed by atoms with E-state index in [9.17, 15) is 14.4 Å². The summed E-state index contributed by atoms with van der Waals surface area (Å²) in [7, 11) is 0. The number of fused-ring (bicyclic) bond motifs is 1. The maximum absolute atomic E-state index is 12.6. The molecule has 0 fully saturated rings. The summed E-state index contributed by atoms with van der Waals surface area (Å²) in [5.41, 5.74) is 2.17. The fraction of sp³-hybridized carbons (Fsp3) is 0.160. The van der Waals surface area contributed by atoms with Crippen LogP contribution in [0.5, 0.6) is 0 Å². The second-order valence-corrected chi connectivity index (χ2v) is 7.40. The summed E-state index contributed by atoms with van der Waals surface area (Å²) in [6.45, 7) is 0.931. The van der Waals surface area contributed by atoms with Crippen LogP contribution in [0.4, 0.5) is 0 Å². The van der Waals surface area contributed by atoms with Crippen molar-refractivity contribution in [2.75, 3.05) is 0 Å². The number of carbonyl (C=O) groups excluding carboxylic acids is 1. The van der Waals surface area contributed by atoms with Gasteiger partial charge in [0.15, 0.2) is 0 Å². The molecule has 1 amide bonds. The van der Waals surface area contributed by atoms with E-state index in [4.69, 9.17) is 4.74 Å². The predicted molar refractivity (Wildman–Crippen MR) is 122 cm³/mol. The largest absolute Gasteiger partial charge is 0.372 e. The molecule has 1 heterocycles. The Bertz CT molecular complexity index is 1340. The Morgan fingerprint density at radius 3 is 2.25 bits per heavy atom. The summed E-state index contributed by atoms with van der Waals surface area (Å²) in [4.78, 5) is 37.2. The molecule has 0 aliphatic heterocycles. The summed E-state index contributed by atoms with van der Waals surface area (Å²) in [6.07, 6.45) is 0. The number of nitrogens with one attached hydrogen (secondary N) is 2. The van der Waals surface area contributed by atoms with Gasteiger partial charge in [0.25, 0.3) is 11.1 Å². The number of ether oxygens (including phenoxy) is 1. The second-order valence-electron chi connectivity index (χ2n) is 7.40. The Balaban J connectivity index is 1.38. The Morgan fingerprint density at radius 2 is 1.47 bits per heavy atom. The van der Waals surface area contributed by atoms with Gasteiger partial charge in [0.2, 0.25) is 5.91 Å². The van der Waals surface area contributed by atoms with Crippen LogP contribution in [0.3, 0.4) is 0 Å². The van der Waals surface area contributed by atoms with E-state index in [1.165, 1.54) is 0 Å². The van der Waals surface area contributed by atoms with Crippen LogP contribution < -0.4 is 16.4 Å². The van der Waals surface area contributed by atoms with Crippen LogP contribution in [0.1, 0.15) is 16.7 Å². The normalized spacial score (nSPS) is 10.9. The summed E-state index contributed by atoms with van der Waals surface area (Å²) < 4.78 is 6.86. The van der Waals surface area contributed by atoms with Crippen molar-refractivity contribution in [3.63, 3.8) is 0 Å². The van der Waals surface area contributed by atoms with Gasteiger partial charge in [-0.15, -0.1) is 0 Å². The zero-order valence-corrected chi connectivity index (χ0v) is 17.4. The lowest BCUT2D eigenvalue weighted by Gasteiger charge is -2.12. The van der Waals surface area contributed by atoms with Crippen molar-refractivity contribution in [1.29, 1.82) is 0 Å². The van der Waals surface area contributed by atoms with Gasteiger partial charge in [0.05, 0.1) is 24.0 Å². The lowest BCUT2D eigenvalue weighted by Crippen LogP contribution is -2.36. The number of rotatable bonds is 8. The minimum atomic E-state index is -0.412. The molecule has 4 rings (SSSR count). The molecule has 2 N–H and O–H groups in total. The zero-order valence-electron chi connectivity index (χ0n) is 17.4. The van der Waals surface area contributed by atoms with E-state index in [1.807, 2.05) is 54.6 Å². The first-order chi connectivity index (χ1) is 15.6. The van der Waals surface area contributed by atoms with Gasteiger partial charge in [-0.2, -0.15) is 0 Å². The molecular formula is C25H23N3O4. The van der Waals surface area contributed by atoms with E-state index < -0.39 is 11.1 Å². The maximum Gasteiger partial charge on any atom is 0.273 e. The van der Waals surface area contributed by atoms with Crippen LogP contribution in [-0.4, -0.2) is 15.7 Å². The van der Waals surface area contributed by atoms with Crippen molar-refractivity contribution < 1.29 is 9.53 Å². The molecule has 0 bridgehead atoms. The number of amides is 1. The number of H-pyrrole nitrogens is 1. The number of aromatic nitrogens is 2. The average Bonchev–Trinajstić information content (AvgIpc) is 2.82. The first-order valence-corrected chi connectivity index (χ1v) is 10.3. The molecule has 0 unspecified atom stereocenters. The number of nitrogens with zero attached hydrogens (tertiary/aromatic N) is 1. The third kappa shape index (κ3) is 5.01. The van der Waals surface area contributed by atoms with Crippen molar-refractivity contribution in [3.05, 3.63) is 116 Å². The second kappa shape index (κ2) is 9.89. The minimum Gasteiger partial charge on any atom is -0.372 e. The summed E-state index contributed by atoms with van der Waals surface area (Å²) in [6, 6.07) is 24.1. The lowest BCUT2D eigenvalue weighted by atomic mass is 10.1. The molecule has 0 saturated heterocycles. The van der Waals surface area contributed by atoms with Crippen LogP contribution in [0.2, 0.25) is 0 Å². The molecule has 7 heteroatoms. The number of benzene rings is 3. The highest BCUT2D eigenvalue weighted by atomic mass is 16.5. The van der Waals surface area contributed by atoms with Gasteiger partial charge in [-0.25, -0.2) is 4.68 Å². The van der Waals surface area contributed by atoms with Crippen LogP contribution in [0.25, 0.3) is 10.8 Å². The Labute approximate surface area is 184 Å². The van der Waals surface area contributed by atoms with Crippen molar-refractivity contribution >= 4 is 16.7 Å². The molecule has 0 aliphatic carbocycles.